The summed E-state index contributed by atoms with van der Waals surface area (Å²) in [6.45, 7) is 8.38. The molecule has 0 aliphatic rings. The van der Waals surface area contributed by atoms with E-state index in [1.165, 1.54) is 0 Å². The second-order valence-corrected chi connectivity index (χ2v) is 4.93. The van der Waals surface area contributed by atoms with E-state index in [0.29, 0.717) is 17.3 Å². The summed E-state index contributed by atoms with van der Waals surface area (Å²) in [5.41, 5.74) is 3.78. The number of urea groups is 1. The molecule has 0 bridgehead atoms. The molecule has 22 heavy (non-hydrogen) atoms. The number of methoxy groups -OCH3 is 1. The number of nitrogens with zero attached hydrogens (tertiary/aromatic N) is 3. The minimum absolute atomic E-state index is 0.322. The summed E-state index contributed by atoms with van der Waals surface area (Å²) in [6.07, 6.45) is 0. The SMILES string of the molecule is CCn1nc(C)c(NC(=O)Nc2ccc(OC)nc2C)c1C. The van der Waals surface area contributed by atoms with Crippen molar-refractivity contribution in [3.8, 4) is 5.88 Å². The van der Waals surface area contributed by atoms with Gasteiger partial charge in [0.05, 0.1) is 35.6 Å². The monoisotopic (exact) mass is 303 g/mol. The van der Waals surface area contributed by atoms with Crippen molar-refractivity contribution in [3.05, 3.63) is 29.2 Å². The summed E-state index contributed by atoms with van der Waals surface area (Å²) >= 11 is 0. The zero-order valence-corrected chi connectivity index (χ0v) is 13.5. The van der Waals surface area contributed by atoms with E-state index in [1.54, 1.807) is 19.2 Å². The lowest BCUT2D eigenvalue weighted by atomic mass is 10.3. The molecule has 2 N–H and O–H groups in total. The summed E-state index contributed by atoms with van der Waals surface area (Å²) in [7, 11) is 1.55. The largest absolute Gasteiger partial charge is 0.481 e. The zero-order chi connectivity index (χ0) is 16.3. The highest BCUT2D eigenvalue weighted by atomic mass is 16.5. The molecule has 0 radical (unpaired) electrons. The average Bonchev–Trinajstić information content (AvgIpc) is 2.76. The molecule has 0 spiro atoms. The van der Waals surface area contributed by atoms with E-state index in [2.05, 4.69) is 20.7 Å². The molecule has 0 saturated heterocycles. The Bertz CT molecular complexity index is 693. The molecule has 0 unspecified atom stereocenters. The number of anilines is 2. The molecule has 0 fully saturated rings. The molecule has 0 atom stereocenters. The van der Waals surface area contributed by atoms with Crippen LogP contribution in [0.25, 0.3) is 0 Å². The third-order valence-corrected chi connectivity index (χ3v) is 3.44. The van der Waals surface area contributed by atoms with Crippen molar-refractivity contribution in [2.24, 2.45) is 0 Å². The third kappa shape index (κ3) is 3.19. The first kappa shape index (κ1) is 15.8. The third-order valence-electron chi connectivity index (χ3n) is 3.44. The number of aryl methyl sites for hydroxylation is 3. The van der Waals surface area contributed by atoms with Gasteiger partial charge in [0.2, 0.25) is 5.88 Å². The van der Waals surface area contributed by atoms with Gasteiger partial charge in [0, 0.05) is 12.6 Å². The number of amides is 2. The van der Waals surface area contributed by atoms with Crippen LogP contribution < -0.4 is 15.4 Å². The van der Waals surface area contributed by atoms with Gasteiger partial charge in [-0.3, -0.25) is 4.68 Å². The van der Waals surface area contributed by atoms with Crippen molar-refractivity contribution in [2.45, 2.75) is 34.2 Å². The Morgan fingerprint density at radius 3 is 2.50 bits per heavy atom. The number of carbonyl (C=O) groups is 1. The van der Waals surface area contributed by atoms with Crippen LogP contribution in [0.4, 0.5) is 16.2 Å². The quantitative estimate of drug-likeness (QED) is 0.910. The van der Waals surface area contributed by atoms with Gasteiger partial charge in [0.25, 0.3) is 0 Å². The van der Waals surface area contributed by atoms with Gasteiger partial charge in [-0.2, -0.15) is 5.10 Å². The Morgan fingerprint density at radius 1 is 1.23 bits per heavy atom. The molecule has 2 aromatic heterocycles. The van der Waals surface area contributed by atoms with Crippen LogP contribution in [0.15, 0.2) is 12.1 Å². The standard InChI is InChI=1S/C15H21N5O2/c1-6-20-11(4)14(10(3)19-20)18-15(21)17-12-7-8-13(22-5)16-9(12)2/h7-8H,6H2,1-5H3,(H2,17,18,21). The van der Waals surface area contributed by atoms with Gasteiger partial charge in [-0.05, 0) is 33.8 Å². The van der Waals surface area contributed by atoms with E-state index in [1.807, 2.05) is 32.4 Å². The number of hydrogen-bond acceptors (Lipinski definition) is 4. The lowest BCUT2D eigenvalue weighted by Crippen LogP contribution is -2.21. The Kier molecular flexibility index (Phi) is 4.65. The average molecular weight is 303 g/mol. The van der Waals surface area contributed by atoms with Crippen LogP contribution in [0.2, 0.25) is 0 Å². The van der Waals surface area contributed by atoms with Gasteiger partial charge in [0.15, 0.2) is 0 Å². The fourth-order valence-corrected chi connectivity index (χ4v) is 2.24. The molecule has 2 aromatic rings. The number of hydrogen-bond donors (Lipinski definition) is 2. The highest BCUT2D eigenvalue weighted by molar-refractivity contribution is 6.00. The smallest absolute Gasteiger partial charge is 0.323 e. The molecule has 2 amide bonds. The van der Waals surface area contributed by atoms with Crippen LogP contribution in [-0.2, 0) is 6.54 Å². The molecule has 0 saturated carbocycles. The number of ether oxygens (including phenoxy) is 1. The fourth-order valence-electron chi connectivity index (χ4n) is 2.24. The molecular formula is C15H21N5O2. The van der Waals surface area contributed by atoms with Gasteiger partial charge in [-0.25, -0.2) is 9.78 Å². The minimum Gasteiger partial charge on any atom is -0.481 e. The summed E-state index contributed by atoms with van der Waals surface area (Å²) in [6, 6.07) is 3.14. The van der Waals surface area contributed by atoms with E-state index in [4.69, 9.17) is 4.74 Å². The molecule has 0 aliphatic carbocycles. The molecule has 0 aromatic carbocycles. The van der Waals surface area contributed by atoms with Crippen LogP contribution in [0.3, 0.4) is 0 Å². The van der Waals surface area contributed by atoms with E-state index in [0.717, 1.165) is 23.6 Å². The molecule has 7 heteroatoms. The van der Waals surface area contributed by atoms with Crippen LogP contribution in [0.1, 0.15) is 24.0 Å². The number of rotatable bonds is 4. The highest BCUT2D eigenvalue weighted by Gasteiger charge is 2.14. The Morgan fingerprint density at radius 2 is 1.95 bits per heavy atom. The fraction of sp³-hybridized carbons (Fsp3) is 0.400. The summed E-state index contributed by atoms with van der Waals surface area (Å²) < 4.78 is 6.90. The van der Waals surface area contributed by atoms with Gasteiger partial charge in [-0.15, -0.1) is 0 Å². The Hall–Kier alpha value is -2.57. The second-order valence-electron chi connectivity index (χ2n) is 4.93. The number of pyridine rings is 1. The van der Waals surface area contributed by atoms with Crippen LogP contribution >= 0.6 is 0 Å². The van der Waals surface area contributed by atoms with Gasteiger partial charge >= 0.3 is 6.03 Å². The molecule has 7 nitrogen and oxygen atoms in total. The first-order valence-electron chi connectivity index (χ1n) is 7.09. The predicted octanol–water partition coefficient (Wildman–Crippen LogP) is 2.88. The highest BCUT2D eigenvalue weighted by Crippen LogP contribution is 2.21. The summed E-state index contributed by atoms with van der Waals surface area (Å²) in [4.78, 5) is 16.4. The minimum atomic E-state index is -0.322. The molecule has 2 heterocycles. The lowest BCUT2D eigenvalue weighted by Gasteiger charge is -2.10. The van der Waals surface area contributed by atoms with E-state index >= 15 is 0 Å². The zero-order valence-electron chi connectivity index (χ0n) is 13.5. The Balaban J connectivity index is 2.12. The molecule has 2 rings (SSSR count). The molecule has 118 valence electrons. The van der Waals surface area contributed by atoms with Gasteiger partial charge < -0.3 is 15.4 Å². The van der Waals surface area contributed by atoms with E-state index < -0.39 is 0 Å². The number of aromatic nitrogens is 3. The maximum atomic E-state index is 12.2. The Labute approximate surface area is 129 Å². The maximum Gasteiger partial charge on any atom is 0.323 e. The van der Waals surface area contributed by atoms with Crippen molar-refractivity contribution in [2.75, 3.05) is 17.7 Å². The second kappa shape index (κ2) is 6.46. The van der Waals surface area contributed by atoms with Crippen molar-refractivity contribution < 1.29 is 9.53 Å². The van der Waals surface area contributed by atoms with Crippen LogP contribution in [0.5, 0.6) is 5.88 Å². The predicted molar refractivity (Wildman–Crippen MR) is 85.5 cm³/mol. The lowest BCUT2D eigenvalue weighted by molar-refractivity contribution is 0.262. The van der Waals surface area contributed by atoms with E-state index in [9.17, 15) is 4.79 Å². The van der Waals surface area contributed by atoms with Crippen molar-refractivity contribution in [1.82, 2.24) is 14.8 Å². The summed E-state index contributed by atoms with van der Waals surface area (Å²) in [5.74, 6) is 0.513. The number of nitrogens with one attached hydrogen (secondary N) is 2. The maximum absolute atomic E-state index is 12.2. The van der Waals surface area contributed by atoms with E-state index in [-0.39, 0.29) is 6.03 Å². The van der Waals surface area contributed by atoms with Gasteiger partial charge in [0.1, 0.15) is 0 Å². The topological polar surface area (TPSA) is 81.1 Å². The van der Waals surface area contributed by atoms with Crippen molar-refractivity contribution in [3.63, 3.8) is 0 Å². The number of carbonyl (C=O) groups excluding carboxylic acids is 1. The summed E-state index contributed by atoms with van der Waals surface area (Å²) in [5, 5.41) is 10.0. The normalized spacial score (nSPS) is 10.4. The molecular weight excluding hydrogens is 282 g/mol. The first-order chi connectivity index (χ1) is 10.5. The van der Waals surface area contributed by atoms with Crippen molar-refractivity contribution in [1.29, 1.82) is 0 Å². The molecule has 0 aliphatic heterocycles. The first-order valence-corrected chi connectivity index (χ1v) is 7.09. The van der Waals surface area contributed by atoms with Crippen molar-refractivity contribution >= 4 is 17.4 Å². The van der Waals surface area contributed by atoms with Crippen LogP contribution in [-0.4, -0.2) is 27.9 Å². The van der Waals surface area contributed by atoms with Crippen LogP contribution in [0, 0.1) is 20.8 Å². The van der Waals surface area contributed by atoms with Gasteiger partial charge in [-0.1, -0.05) is 0 Å².